The molecule has 5 heteroatoms. The topological polar surface area (TPSA) is 24.9 Å². The van der Waals surface area contributed by atoms with E-state index >= 15 is 0 Å². The van der Waals surface area contributed by atoms with Crippen LogP contribution in [0.5, 0.6) is 0 Å². The Hall–Kier alpha value is -0.610. The third kappa shape index (κ3) is 2.95. The number of benzene rings is 1. The predicted molar refractivity (Wildman–Crippen MR) is 69.1 cm³/mol. The summed E-state index contributed by atoms with van der Waals surface area (Å²) in [4.78, 5) is 4.18. The molecule has 0 saturated carbocycles. The summed E-state index contributed by atoms with van der Waals surface area (Å²) in [7, 11) is 0. The van der Waals surface area contributed by atoms with Crippen LogP contribution in [0.25, 0.3) is 0 Å². The van der Waals surface area contributed by atoms with Gasteiger partial charge in [0.05, 0.1) is 11.2 Å². The molecular weight excluding hydrogens is 263 g/mol. The van der Waals surface area contributed by atoms with Gasteiger partial charge in [-0.25, -0.2) is 4.98 Å². The highest BCUT2D eigenvalue weighted by Crippen LogP contribution is 2.23. The second-order valence-electron chi connectivity index (χ2n) is 3.28. The van der Waals surface area contributed by atoms with Crippen molar-refractivity contribution >= 4 is 34.5 Å². The lowest BCUT2D eigenvalue weighted by Crippen LogP contribution is -2.13. The zero-order chi connectivity index (χ0) is 11.4. The van der Waals surface area contributed by atoms with E-state index in [9.17, 15) is 0 Å². The van der Waals surface area contributed by atoms with Crippen molar-refractivity contribution in [2.45, 2.75) is 13.1 Å². The summed E-state index contributed by atoms with van der Waals surface area (Å²) >= 11 is 13.7. The Kier molecular flexibility index (Phi) is 4.18. The monoisotopic (exact) mass is 272 g/mol. The van der Waals surface area contributed by atoms with Gasteiger partial charge >= 0.3 is 0 Å². The second kappa shape index (κ2) is 5.64. The van der Waals surface area contributed by atoms with Crippen LogP contribution in [0, 0.1) is 0 Å². The summed E-state index contributed by atoms with van der Waals surface area (Å²) in [6, 6.07) is 5.52. The predicted octanol–water partition coefficient (Wildman–Crippen LogP) is 3.74. The quantitative estimate of drug-likeness (QED) is 0.917. The molecule has 0 unspecified atom stereocenters. The molecule has 16 heavy (non-hydrogen) atoms. The van der Waals surface area contributed by atoms with Gasteiger partial charge in [-0.05, 0) is 12.1 Å². The Balaban J connectivity index is 1.95. The number of halogens is 2. The van der Waals surface area contributed by atoms with Crippen LogP contribution < -0.4 is 5.32 Å². The first-order valence-electron chi connectivity index (χ1n) is 4.78. The maximum absolute atomic E-state index is 6.05. The highest BCUT2D eigenvalue weighted by atomic mass is 35.5. The molecule has 0 aliphatic carbocycles. The van der Waals surface area contributed by atoms with Crippen LogP contribution >= 0.6 is 34.5 Å². The number of hydrogen-bond donors (Lipinski definition) is 1. The van der Waals surface area contributed by atoms with Crippen LogP contribution in [-0.4, -0.2) is 4.98 Å². The van der Waals surface area contributed by atoms with Crippen molar-refractivity contribution < 1.29 is 0 Å². The SMILES string of the molecule is Clc1cccc(Cl)c1CNCc1cscn1. The van der Waals surface area contributed by atoms with E-state index in [1.54, 1.807) is 11.3 Å². The lowest BCUT2D eigenvalue weighted by molar-refractivity contribution is 0.683. The molecule has 0 atom stereocenters. The molecule has 84 valence electrons. The van der Waals surface area contributed by atoms with E-state index in [-0.39, 0.29) is 0 Å². The summed E-state index contributed by atoms with van der Waals surface area (Å²) in [5.41, 5.74) is 3.79. The summed E-state index contributed by atoms with van der Waals surface area (Å²) in [5, 5.41) is 6.66. The van der Waals surface area contributed by atoms with E-state index in [4.69, 9.17) is 23.2 Å². The fraction of sp³-hybridized carbons (Fsp3) is 0.182. The molecule has 2 rings (SSSR count). The first-order valence-corrected chi connectivity index (χ1v) is 6.48. The van der Waals surface area contributed by atoms with Crippen LogP contribution in [0.2, 0.25) is 10.0 Å². The normalized spacial score (nSPS) is 10.6. The van der Waals surface area contributed by atoms with Gasteiger partial charge in [0.25, 0.3) is 0 Å². The maximum atomic E-state index is 6.05. The number of rotatable bonds is 4. The number of nitrogens with one attached hydrogen (secondary N) is 1. The third-order valence-corrected chi connectivity index (χ3v) is 3.50. The smallest absolute Gasteiger partial charge is 0.0795 e. The van der Waals surface area contributed by atoms with Gasteiger partial charge in [-0.3, -0.25) is 0 Å². The molecule has 0 saturated heterocycles. The van der Waals surface area contributed by atoms with E-state index in [2.05, 4.69) is 10.3 Å². The molecule has 1 heterocycles. The van der Waals surface area contributed by atoms with Gasteiger partial charge in [0.1, 0.15) is 0 Å². The van der Waals surface area contributed by atoms with Crippen LogP contribution in [0.15, 0.2) is 29.1 Å². The Morgan fingerprint density at radius 2 is 1.94 bits per heavy atom. The maximum Gasteiger partial charge on any atom is 0.0795 e. The van der Waals surface area contributed by atoms with Crippen LogP contribution in [0.1, 0.15) is 11.3 Å². The number of hydrogen-bond acceptors (Lipinski definition) is 3. The first-order chi connectivity index (χ1) is 7.77. The lowest BCUT2D eigenvalue weighted by Gasteiger charge is -2.07. The number of thiazole rings is 1. The molecule has 0 spiro atoms. The van der Waals surface area contributed by atoms with Crippen molar-refractivity contribution in [3.05, 3.63) is 50.4 Å². The molecule has 1 aromatic heterocycles. The van der Waals surface area contributed by atoms with Crippen molar-refractivity contribution in [2.75, 3.05) is 0 Å². The summed E-state index contributed by atoms with van der Waals surface area (Å²) in [6.45, 7) is 1.38. The molecule has 2 aromatic rings. The molecule has 0 aliphatic heterocycles. The number of aromatic nitrogens is 1. The zero-order valence-corrected chi connectivity index (χ0v) is 10.7. The highest BCUT2D eigenvalue weighted by molar-refractivity contribution is 7.07. The lowest BCUT2D eigenvalue weighted by atomic mass is 10.2. The van der Waals surface area contributed by atoms with E-state index < -0.39 is 0 Å². The second-order valence-corrected chi connectivity index (χ2v) is 4.82. The molecule has 0 aliphatic rings. The minimum absolute atomic E-state index is 0.649. The summed E-state index contributed by atoms with van der Waals surface area (Å²) in [5.74, 6) is 0. The molecule has 2 nitrogen and oxygen atoms in total. The Morgan fingerprint density at radius 3 is 2.56 bits per heavy atom. The van der Waals surface area contributed by atoms with Crippen molar-refractivity contribution in [3.63, 3.8) is 0 Å². The van der Waals surface area contributed by atoms with Gasteiger partial charge < -0.3 is 5.32 Å². The van der Waals surface area contributed by atoms with Gasteiger partial charge in [-0.1, -0.05) is 29.3 Å². The zero-order valence-electron chi connectivity index (χ0n) is 8.41. The Morgan fingerprint density at radius 1 is 1.19 bits per heavy atom. The van der Waals surface area contributed by atoms with E-state index in [0.717, 1.165) is 17.8 Å². The van der Waals surface area contributed by atoms with Crippen molar-refractivity contribution in [1.82, 2.24) is 10.3 Å². The van der Waals surface area contributed by atoms with E-state index in [0.29, 0.717) is 16.6 Å². The van der Waals surface area contributed by atoms with Gasteiger partial charge in [-0.15, -0.1) is 11.3 Å². The van der Waals surface area contributed by atoms with Crippen LogP contribution in [0.3, 0.4) is 0 Å². The molecule has 0 amide bonds. The van der Waals surface area contributed by atoms with E-state index in [1.807, 2.05) is 29.1 Å². The largest absolute Gasteiger partial charge is 0.307 e. The number of nitrogens with zero attached hydrogens (tertiary/aromatic N) is 1. The van der Waals surface area contributed by atoms with E-state index in [1.165, 1.54) is 0 Å². The molecule has 1 N–H and O–H groups in total. The first kappa shape index (κ1) is 11.9. The average Bonchev–Trinajstić information content (AvgIpc) is 2.75. The molecular formula is C11H10Cl2N2S. The fourth-order valence-electron chi connectivity index (χ4n) is 1.34. The molecule has 0 radical (unpaired) electrons. The van der Waals surface area contributed by atoms with Crippen LogP contribution in [-0.2, 0) is 13.1 Å². The third-order valence-electron chi connectivity index (χ3n) is 2.15. The molecule has 0 bridgehead atoms. The van der Waals surface area contributed by atoms with Crippen molar-refractivity contribution in [3.8, 4) is 0 Å². The van der Waals surface area contributed by atoms with Gasteiger partial charge in [0.2, 0.25) is 0 Å². The summed E-state index contributed by atoms with van der Waals surface area (Å²) in [6.07, 6.45) is 0. The summed E-state index contributed by atoms with van der Waals surface area (Å²) < 4.78 is 0. The van der Waals surface area contributed by atoms with Crippen molar-refractivity contribution in [1.29, 1.82) is 0 Å². The molecule has 1 aromatic carbocycles. The minimum Gasteiger partial charge on any atom is -0.307 e. The van der Waals surface area contributed by atoms with Crippen LogP contribution in [0.4, 0.5) is 0 Å². The highest BCUT2D eigenvalue weighted by Gasteiger charge is 2.04. The van der Waals surface area contributed by atoms with Gasteiger partial charge in [0, 0.05) is 34.1 Å². The van der Waals surface area contributed by atoms with Crippen molar-refractivity contribution in [2.24, 2.45) is 0 Å². The Labute approximate surface area is 108 Å². The average molecular weight is 273 g/mol. The Bertz CT molecular complexity index is 437. The fourth-order valence-corrected chi connectivity index (χ4v) is 2.43. The molecule has 0 fully saturated rings. The van der Waals surface area contributed by atoms with Gasteiger partial charge in [0.15, 0.2) is 0 Å². The standard InChI is InChI=1S/C11H10Cl2N2S/c12-10-2-1-3-11(13)9(10)5-14-4-8-6-16-7-15-8/h1-3,6-7,14H,4-5H2. The minimum atomic E-state index is 0.649. The van der Waals surface area contributed by atoms with Gasteiger partial charge in [-0.2, -0.15) is 0 Å².